The predicted octanol–water partition coefficient (Wildman–Crippen LogP) is 1.21. The molecule has 0 spiro atoms. The second-order valence-electron chi connectivity index (χ2n) is 1.63. The number of cyclic esters (lactones) is 1. The van der Waals surface area contributed by atoms with Gasteiger partial charge in [-0.05, 0) is 0 Å². The van der Waals surface area contributed by atoms with Crippen LogP contribution in [0.5, 0.6) is 0 Å². The molecular formula is C5H5BrO2. The highest BCUT2D eigenvalue weighted by molar-refractivity contribution is 9.11. The summed E-state index contributed by atoms with van der Waals surface area (Å²) in [5, 5.41) is 0. The van der Waals surface area contributed by atoms with Crippen LogP contribution in [0.4, 0.5) is 0 Å². The topological polar surface area (TPSA) is 26.3 Å². The van der Waals surface area contributed by atoms with Gasteiger partial charge in [-0.3, -0.25) is 4.79 Å². The molecule has 0 aromatic heterocycles. The van der Waals surface area contributed by atoms with E-state index < -0.39 is 0 Å². The minimum atomic E-state index is -0.143. The lowest BCUT2D eigenvalue weighted by Crippen LogP contribution is -2.32. The van der Waals surface area contributed by atoms with E-state index in [1.807, 2.05) is 0 Å². The second kappa shape index (κ2) is 1.90. The van der Waals surface area contributed by atoms with E-state index in [9.17, 15) is 4.79 Å². The Morgan fingerprint density at radius 2 is 2.50 bits per heavy atom. The highest BCUT2D eigenvalue weighted by atomic mass is 79.9. The van der Waals surface area contributed by atoms with Crippen molar-refractivity contribution >= 4 is 21.9 Å². The van der Waals surface area contributed by atoms with Gasteiger partial charge in [-0.2, -0.15) is 0 Å². The molecule has 1 aliphatic rings. The van der Waals surface area contributed by atoms with Crippen LogP contribution in [0.3, 0.4) is 0 Å². The standard InChI is InChI=1S/C5H5BrO2/c1-3(6)4-2-5(7)8-4/h4H,1-2H2. The fraction of sp³-hybridized carbons (Fsp3) is 0.400. The molecule has 1 rings (SSSR count). The van der Waals surface area contributed by atoms with Crippen molar-refractivity contribution in [1.82, 2.24) is 0 Å². The number of carbonyl (C=O) groups is 1. The van der Waals surface area contributed by atoms with Gasteiger partial charge in [0.1, 0.15) is 6.10 Å². The van der Waals surface area contributed by atoms with Gasteiger partial charge in [-0.15, -0.1) is 0 Å². The minimum absolute atomic E-state index is 0.0671. The SMILES string of the molecule is C=C(Br)C1CC(=O)O1. The first-order chi connectivity index (χ1) is 3.70. The van der Waals surface area contributed by atoms with Gasteiger partial charge in [0.2, 0.25) is 0 Å². The van der Waals surface area contributed by atoms with E-state index in [4.69, 9.17) is 0 Å². The normalized spacial score (nSPS) is 26.1. The average molecular weight is 177 g/mol. The van der Waals surface area contributed by atoms with E-state index >= 15 is 0 Å². The summed E-state index contributed by atoms with van der Waals surface area (Å²) in [5.74, 6) is -0.143. The molecule has 1 saturated heterocycles. The zero-order valence-corrected chi connectivity index (χ0v) is 5.77. The highest BCUT2D eigenvalue weighted by Crippen LogP contribution is 2.23. The molecule has 1 fully saturated rings. The number of carbonyl (C=O) groups excluding carboxylic acids is 1. The molecule has 0 bridgehead atoms. The summed E-state index contributed by atoms with van der Waals surface area (Å²) < 4.78 is 5.36. The van der Waals surface area contributed by atoms with Gasteiger partial charge in [0.25, 0.3) is 0 Å². The summed E-state index contributed by atoms with van der Waals surface area (Å²) in [6.45, 7) is 3.55. The number of rotatable bonds is 1. The molecule has 2 nitrogen and oxygen atoms in total. The van der Waals surface area contributed by atoms with Gasteiger partial charge in [0, 0.05) is 4.48 Å². The molecule has 1 heterocycles. The molecule has 0 aliphatic carbocycles. The van der Waals surface area contributed by atoms with Crippen molar-refractivity contribution < 1.29 is 9.53 Å². The second-order valence-corrected chi connectivity index (χ2v) is 2.65. The van der Waals surface area contributed by atoms with Crippen LogP contribution in [-0.2, 0) is 9.53 Å². The average Bonchev–Trinajstić information content (AvgIpc) is 1.57. The molecule has 3 heteroatoms. The van der Waals surface area contributed by atoms with Crippen molar-refractivity contribution in [3.05, 3.63) is 11.1 Å². The molecule has 0 N–H and O–H groups in total. The fourth-order valence-corrected chi connectivity index (χ4v) is 0.730. The summed E-state index contributed by atoms with van der Waals surface area (Å²) in [5.41, 5.74) is 0. The quantitative estimate of drug-likeness (QED) is 0.562. The maximum atomic E-state index is 10.1. The van der Waals surface area contributed by atoms with E-state index in [1.54, 1.807) is 0 Å². The van der Waals surface area contributed by atoms with E-state index in [1.165, 1.54) is 0 Å². The van der Waals surface area contributed by atoms with Crippen molar-refractivity contribution in [2.75, 3.05) is 0 Å². The molecular weight excluding hydrogens is 172 g/mol. The van der Waals surface area contributed by atoms with Crippen LogP contribution < -0.4 is 0 Å². The lowest BCUT2D eigenvalue weighted by Gasteiger charge is -2.24. The molecule has 0 radical (unpaired) electrons. The minimum Gasteiger partial charge on any atom is -0.456 e. The van der Waals surface area contributed by atoms with Gasteiger partial charge in [0.15, 0.2) is 0 Å². The maximum absolute atomic E-state index is 10.1. The molecule has 44 valence electrons. The molecule has 1 aliphatic heterocycles. The van der Waals surface area contributed by atoms with Crippen molar-refractivity contribution in [3.63, 3.8) is 0 Å². The monoisotopic (exact) mass is 176 g/mol. The van der Waals surface area contributed by atoms with Crippen molar-refractivity contribution in [2.24, 2.45) is 0 Å². The van der Waals surface area contributed by atoms with Crippen LogP contribution >= 0.6 is 15.9 Å². The fourth-order valence-electron chi connectivity index (χ4n) is 0.475. The van der Waals surface area contributed by atoms with E-state index in [-0.39, 0.29) is 12.1 Å². The van der Waals surface area contributed by atoms with Crippen LogP contribution in [0.25, 0.3) is 0 Å². The van der Waals surface area contributed by atoms with Crippen molar-refractivity contribution in [3.8, 4) is 0 Å². The largest absolute Gasteiger partial charge is 0.456 e. The molecule has 8 heavy (non-hydrogen) atoms. The van der Waals surface area contributed by atoms with Crippen molar-refractivity contribution in [2.45, 2.75) is 12.5 Å². The lowest BCUT2D eigenvalue weighted by molar-refractivity contribution is -0.164. The third kappa shape index (κ3) is 0.916. The first-order valence-corrected chi connectivity index (χ1v) is 3.03. The summed E-state index contributed by atoms with van der Waals surface area (Å²) >= 11 is 3.11. The highest BCUT2D eigenvalue weighted by Gasteiger charge is 2.29. The molecule has 1 unspecified atom stereocenters. The molecule has 0 aromatic carbocycles. The van der Waals surface area contributed by atoms with Crippen molar-refractivity contribution in [1.29, 1.82) is 0 Å². The van der Waals surface area contributed by atoms with Crippen LogP contribution in [0.2, 0.25) is 0 Å². The Morgan fingerprint density at radius 1 is 2.00 bits per heavy atom. The smallest absolute Gasteiger partial charge is 0.310 e. The van der Waals surface area contributed by atoms with Crippen LogP contribution in [0, 0.1) is 0 Å². The predicted molar refractivity (Wildman–Crippen MR) is 32.6 cm³/mol. The van der Waals surface area contributed by atoms with Crippen LogP contribution in [0.1, 0.15) is 6.42 Å². The van der Waals surface area contributed by atoms with Gasteiger partial charge in [0.05, 0.1) is 6.42 Å². The Hall–Kier alpha value is -0.310. The number of hydrogen-bond acceptors (Lipinski definition) is 2. The van der Waals surface area contributed by atoms with Gasteiger partial charge in [-0.25, -0.2) is 0 Å². The maximum Gasteiger partial charge on any atom is 0.310 e. The number of hydrogen-bond donors (Lipinski definition) is 0. The molecule has 0 saturated carbocycles. The Bertz CT molecular complexity index is 133. The Morgan fingerprint density at radius 3 is 2.62 bits per heavy atom. The molecule has 1 atom stereocenters. The van der Waals surface area contributed by atoms with Gasteiger partial charge in [-0.1, -0.05) is 22.5 Å². The van der Waals surface area contributed by atoms with E-state index in [2.05, 4.69) is 27.2 Å². The number of ether oxygens (including phenoxy) is 1. The molecule has 0 aromatic rings. The van der Waals surface area contributed by atoms with Gasteiger partial charge < -0.3 is 4.74 Å². The molecule has 0 amide bonds. The first kappa shape index (κ1) is 5.82. The van der Waals surface area contributed by atoms with E-state index in [0.717, 1.165) is 4.48 Å². The zero-order valence-electron chi connectivity index (χ0n) is 4.19. The summed E-state index contributed by atoms with van der Waals surface area (Å²) in [6, 6.07) is 0. The van der Waals surface area contributed by atoms with E-state index in [0.29, 0.717) is 6.42 Å². The lowest BCUT2D eigenvalue weighted by atomic mass is 10.2. The number of halogens is 1. The van der Waals surface area contributed by atoms with Crippen LogP contribution in [0.15, 0.2) is 11.1 Å². The Balaban J connectivity index is 2.35. The number of esters is 1. The Labute approximate surface area is 55.6 Å². The van der Waals surface area contributed by atoms with Crippen LogP contribution in [-0.4, -0.2) is 12.1 Å². The first-order valence-electron chi connectivity index (χ1n) is 2.24. The third-order valence-corrected chi connectivity index (χ3v) is 1.49. The van der Waals surface area contributed by atoms with Gasteiger partial charge >= 0.3 is 5.97 Å². The summed E-state index contributed by atoms with van der Waals surface area (Å²) in [7, 11) is 0. The summed E-state index contributed by atoms with van der Waals surface area (Å²) in [4.78, 5) is 10.1. The summed E-state index contributed by atoms with van der Waals surface area (Å²) in [6.07, 6.45) is 0.409. The Kier molecular flexibility index (Phi) is 1.38. The third-order valence-electron chi connectivity index (χ3n) is 0.975. The zero-order chi connectivity index (χ0) is 6.15.